The predicted molar refractivity (Wildman–Crippen MR) is 179 cm³/mol. The van der Waals surface area contributed by atoms with Crippen molar-refractivity contribution in [3.63, 3.8) is 0 Å². The van der Waals surface area contributed by atoms with Crippen LogP contribution in [0.2, 0.25) is 18.1 Å². The van der Waals surface area contributed by atoms with Crippen LogP contribution in [0.15, 0.2) is 23.7 Å². The Morgan fingerprint density at radius 3 is 2.26 bits per heavy atom. The first-order chi connectivity index (χ1) is 19.7. The van der Waals surface area contributed by atoms with Crippen molar-refractivity contribution in [2.45, 2.75) is 118 Å². The SMILES string of the molecule is Cc1c(C[C@H](CO[Si](C)(C)C(C)(C)C)NC(=O)OC(C)(C)C)sc2c(N(Cc3cccs3)C(=O)OC(C)(C)C)cnnc12. The van der Waals surface area contributed by atoms with Crippen LogP contribution in [0.4, 0.5) is 15.3 Å². The van der Waals surface area contributed by atoms with Crippen LogP contribution in [0.25, 0.3) is 10.2 Å². The van der Waals surface area contributed by atoms with Crippen molar-refractivity contribution in [3.05, 3.63) is 39.0 Å². The van der Waals surface area contributed by atoms with E-state index >= 15 is 0 Å². The summed E-state index contributed by atoms with van der Waals surface area (Å²) in [7, 11) is -2.08. The van der Waals surface area contributed by atoms with E-state index in [0.717, 1.165) is 25.5 Å². The lowest BCUT2D eigenvalue weighted by atomic mass is 10.1. The first kappa shape index (κ1) is 34.9. The third kappa shape index (κ3) is 9.72. The highest BCUT2D eigenvalue weighted by Gasteiger charge is 2.38. The normalized spacial score (nSPS) is 13.6. The number of hydrogen-bond donors (Lipinski definition) is 1. The van der Waals surface area contributed by atoms with Gasteiger partial charge in [-0.1, -0.05) is 26.8 Å². The summed E-state index contributed by atoms with van der Waals surface area (Å²) < 4.78 is 18.8. The Balaban J connectivity index is 2.00. The van der Waals surface area contributed by atoms with Crippen LogP contribution < -0.4 is 10.2 Å². The van der Waals surface area contributed by atoms with E-state index in [9.17, 15) is 9.59 Å². The number of hydrogen-bond acceptors (Lipinski definition) is 9. The summed E-state index contributed by atoms with van der Waals surface area (Å²) in [5.41, 5.74) is 1.03. The number of carbonyl (C=O) groups excluding carboxylic acids is 2. The Hall–Kier alpha value is -2.54. The van der Waals surface area contributed by atoms with Crippen LogP contribution >= 0.6 is 22.7 Å². The molecule has 0 aliphatic heterocycles. The molecule has 3 rings (SSSR count). The molecule has 238 valence electrons. The molecule has 3 heterocycles. The molecule has 12 heteroatoms. The average molecular weight is 649 g/mol. The molecule has 0 radical (unpaired) electrons. The predicted octanol–water partition coefficient (Wildman–Crippen LogP) is 8.46. The highest BCUT2D eigenvalue weighted by Crippen LogP contribution is 2.39. The summed E-state index contributed by atoms with van der Waals surface area (Å²) in [4.78, 5) is 30.0. The summed E-state index contributed by atoms with van der Waals surface area (Å²) in [5, 5.41) is 13.8. The molecule has 43 heavy (non-hydrogen) atoms. The van der Waals surface area contributed by atoms with Gasteiger partial charge >= 0.3 is 12.2 Å². The Morgan fingerprint density at radius 1 is 1.05 bits per heavy atom. The number of thiophene rings is 2. The number of ether oxygens (including phenoxy) is 2. The van der Waals surface area contributed by atoms with Gasteiger partial charge in [-0.05, 0) is 83.6 Å². The topological polar surface area (TPSA) is 103 Å². The number of amides is 2. The Labute approximate surface area is 265 Å². The molecule has 1 N–H and O–H groups in total. The third-order valence-electron chi connectivity index (χ3n) is 7.19. The molecule has 0 aliphatic rings. The van der Waals surface area contributed by atoms with E-state index < -0.39 is 31.7 Å². The second kappa shape index (κ2) is 13.2. The number of fused-ring (bicyclic) bond motifs is 1. The van der Waals surface area contributed by atoms with Crippen molar-refractivity contribution in [2.24, 2.45) is 0 Å². The zero-order valence-electron chi connectivity index (χ0n) is 27.7. The minimum atomic E-state index is -2.08. The summed E-state index contributed by atoms with van der Waals surface area (Å²) in [5.74, 6) is 0. The van der Waals surface area contributed by atoms with Crippen LogP contribution in [0.5, 0.6) is 0 Å². The molecule has 1 atom stereocenters. The Bertz CT molecular complexity index is 1400. The maximum absolute atomic E-state index is 13.5. The van der Waals surface area contributed by atoms with E-state index in [1.54, 1.807) is 33.8 Å². The molecule has 0 saturated heterocycles. The largest absolute Gasteiger partial charge is 0.444 e. The monoisotopic (exact) mass is 648 g/mol. The van der Waals surface area contributed by atoms with Crippen LogP contribution in [-0.2, 0) is 26.9 Å². The number of aryl methyl sites for hydroxylation is 1. The molecule has 3 aromatic heterocycles. The zero-order chi connectivity index (χ0) is 32.4. The number of nitrogens with one attached hydrogen (secondary N) is 1. The number of anilines is 1. The summed E-state index contributed by atoms with van der Waals surface area (Å²) >= 11 is 3.13. The van der Waals surface area contributed by atoms with E-state index in [1.165, 1.54) is 0 Å². The number of carbonyl (C=O) groups is 2. The minimum absolute atomic E-state index is 0.0230. The molecule has 2 amide bonds. The fourth-order valence-corrected chi connectivity index (χ4v) is 7.01. The van der Waals surface area contributed by atoms with Gasteiger partial charge in [-0.3, -0.25) is 4.90 Å². The quantitative estimate of drug-likeness (QED) is 0.232. The highest BCUT2D eigenvalue weighted by atomic mass is 32.1. The van der Waals surface area contributed by atoms with Gasteiger partial charge in [-0.2, -0.15) is 5.10 Å². The molecule has 0 unspecified atom stereocenters. The lowest BCUT2D eigenvalue weighted by molar-refractivity contribution is 0.0484. The fourth-order valence-electron chi connectivity index (χ4n) is 3.93. The van der Waals surface area contributed by atoms with Crippen LogP contribution in [0, 0.1) is 6.92 Å². The van der Waals surface area contributed by atoms with E-state index in [-0.39, 0.29) is 11.1 Å². The van der Waals surface area contributed by atoms with E-state index in [2.05, 4.69) is 49.4 Å². The Kier molecular flexibility index (Phi) is 10.7. The smallest absolute Gasteiger partial charge is 0.415 e. The van der Waals surface area contributed by atoms with Gasteiger partial charge in [0.15, 0.2) is 8.32 Å². The van der Waals surface area contributed by atoms with Crippen LogP contribution in [-0.4, -0.2) is 54.6 Å². The highest BCUT2D eigenvalue weighted by molar-refractivity contribution is 7.19. The van der Waals surface area contributed by atoms with Crippen LogP contribution in [0.1, 0.15) is 77.6 Å². The third-order valence-corrected chi connectivity index (χ3v) is 13.9. The summed E-state index contributed by atoms with van der Waals surface area (Å²) in [6, 6.07) is 3.62. The number of aromatic nitrogens is 2. The number of alkyl carbamates (subject to hydrolysis) is 1. The maximum Gasteiger partial charge on any atom is 0.415 e. The second-order valence-electron chi connectivity index (χ2n) is 14.3. The molecule has 0 fully saturated rings. The molecule has 3 aromatic rings. The molecular weight excluding hydrogens is 601 g/mol. The Morgan fingerprint density at radius 2 is 1.70 bits per heavy atom. The molecule has 0 aliphatic carbocycles. The van der Waals surface area contributed by atoms with Gasteiger partial charge in [0.2, 0.25) is 0 Å². The first-order valence-electron chi connectivity index (χ1n) is 14.6. The molecule has 9 nitrogen and oxygen atoms in total. The lowest BCUT2D eigenvalue weighted by Crippen LogP contribution is -2.48. The van der Waals surface area contributed by atoms with Gasteiger partial charge in [-0.15, -0.1) is 27.8 Å². The standard InChI is InChI=1S/C31H48N4O5S2Si/c1-20-24(16-21(33-27(36)39-29(2,3)4)19-38-43(11,12)31(8,9)10)42-26-23(17-32-34-25(20)26)35(18-22-14-13-15-41-22)28(37)40-30(5,6)7/h13-15,17,21H,16,18-19H2,1-12H3,(H,33,36)/t21-/m1/s1. The molecule has 0 bridgehead atoms. The van der Waals surface area contributed by atoms with Gasteiger partial charge in [0, 0.05) is 16.2 Å². The van der Waals surface area contributed by atoms with Crippen molar-refractivity contribution in [1.82, 2.24) is 15.5 Å². The van der Waals surface area contributed by atoms with Gasteiger partial charge in [-0.25, -0.2) is 9.59 Å². The van der Waals surface area contributed by atoms with Crippen molar-refractivity contribution in [3.8, 4) is 0 Å². The fraction of sp³-hybridized carbons (Fsp3) is 0.613. The average Bonchev–Trinajstić information content (AvgIpc) is 3.46. The van der Waals surface area contributed by atoms with Crippen molar-refractivity contribution in [2.75, 3.05) is 11.5 Å². The summed E-state index contributed by atoms with van der Waals surface area (Å²) in [6.45, 7) is 24.8. The molecule has 0 saturated carbocycles. The lowest BCUT2D eigenvalue weighted by Gasteiger charge is -2.37. The van der Waals surface area contributed by atoms with Gasteiger partial charge in [0.05, 0.1) is 35.8 Å². The maximum atomic E-state index is 13.5. The molecular formula is C31H48N4O5S2Si. The second-order valence-corrected chi connectivity index (χ2v) is 21.3. The van der Waals surface area contributed by atoms with E-state index in [4.69, 9.17) is 13.9 Å². The van der Waals surface area contributed by atoms with Crippen molar-refractivity contribution in [1.29, 1.82) is 0 Å². The van der Waals surface area contributed by atoms with Gasteiger partial charge in [0.1, 0.15) is 16.7 Å². The minimum Gasteiger partial charge on any atom is -0.444 e. The van der Waals surface area contributed by atoms with E-state index in [0.29, 0.717) is 25.3 Å². The van der Waals surface area contributed by atoms with Gasteiger partial charge < -0.3 is 19.2 Å². The van der Waals surface area contributed by atoms with Crippen molar-refractivity contribution < 1.29 is 23.5 Å². The van der Waals surface area contributed by atoms with Crippen molar-refractivity contribution >= 4 is 59.1 Å². The molecule has 0 aromatic carbocycles. The summed E-state index contributed by atoms with van der Waals surface area (Å²) in [6.07, 6.45) is 1.20. The zero-order valence-corrected chi connectivity index (χ0v) is 30.3. The van der Waals surface area contributed by atoms with Gasteiger partial charge in [0.25, 0.3) is 0 Å². The number of nitrogens with zero attached hydrogens (tertiary/aromatic N) is 3. The number of rotatable bonds is 9. The molecule has 0 spiro atoms. The van der Waals surface area contributed by atoms with Crippen LogP contribution in [0.3, 0.4) is 0 Å². The van der Waals surface area contributed by atoms with E-state index in [1.807, 2.05) is 66.0 Å². The first-order valence-corrected chi connectivity index (χ1v) is 19.2.